The molecule has 0 spiro atoms. The molecule has 3 nitrogen and oxygen atoms in total. The lowest BCUT2D eigenvalue weighted by Crippen LogP contribution is -2.53. The maximum atomic E-state index is 9.51. The Morgan fingerprint density at radius 1 is 1.16 bits per heavy atom. The standard InChI is InChI=1S/C16H26N2O/c1-4-13-7-6-8-14(5-2)16(13)18-10-9-17(3)15(11-18)12-19/h6-8,15,19H,4-5,9-12H2,1-3H3. The van der Waals surface area contributed by atoms with Crippen LogP contribution >= 0.6 is 0 Å². The lowest BCUT2D eigenvalue weighted by Gasteiger charge is -2.41. The van der Waals surface area contributed by atoms with E-state index >= 15 is 0 Å². The largest absolute Gasteiger partial charge is 0.395 e. The lowest BCUT2D eigenvalue weighted by molar-refractivity contribution is 0.135. The van der Waals surface area contributed by atoms with E-state index in [4.69, 9.17) is 0 Å². The number of aryl methyl sites for hydroxylation is 2. The van der Waals surface area contributed by atoms with Crippen molar-refractivity contribution in [2.45, 2.75) is 32.7 Å². The van der Waals surface area contributed by atoms with E-state index in [9.17, 15) is 5.11 Å². The molecular weight excluding hydrogens is 236 g/mol. The lowest BCUT2D eigenvalue weighted by atomic mass is 10.0. The average Bonchev–Trinajstić information content (AvgIpc) is 2.47. The molecule has 3 heteroatoms. The fraction of sp³-hybridized carbons (Fsp3) is 0.625. The van der Waals surface area contributed by atoms with Crippen molar-refractivity contribution in [3.05, 3.63) is 29.3 Å². The van der Waals surface area contributed by atoms with Crippen LogP contribution < -0.4 is 4.90 Å². The summed E-state index contributed by atoms with van der Waals surface area (Å²) in [6.07, 6.45) is 2.14. The van der Waals surface area contributed by atoms with Gasteiger partial charge in [-0.25, -0.2) is 0 Å². The number of benzene rings is 1. The third-order valence-corrected chi connectivity index (χ3v) is 4.27. The SMILES string of the molecule is CCc1cccc(CC)c1N1CCN(C)C(CO)C1. The van der Waals surface area contributed by atoms with Crippen molar-refractivity contribution < 1.29 is 5.11 Å². The van der Waals surface area contributed by atoms with Gasteiger partial charge in [-0.15, -0.1) is 0 Å². The molecule has 0 amide bonds. The smallest absolute Gasteiger partial charge is 0.0604 e. The van der Waals surface area contributed by atoms with Gasteiger partial charge < -0.3 is 10.0 Å². The molecule has 1 fully saturated rings. The van der Waals surface area contributed by atoms with Gasteiger partial charge in [0.15, 0.2) is 0 Å². The third kappa shape index (κ3) is 2.93. The molecule has 1 aromatic carbocycles. The summed E-state index contributed by atoms with van der Waals surface area (Å²) in [4.78, 5) is 4.73. The third-order valence-electron chi connectivity index (χ3n) is 4.27. The number of hydrogen-bond donors (Lipinski definition) is 1. The molecule has 0 radical (unpaired) electrons. The van der Waals surface area contributed by atoms with Gasteiger partial charge >= 0.3 is 0 Å². The van der Waals surface area contributed by atoms with Gasteiger partial charge in [-0.05, 0) is 31.0 Å². The van der Waals surface area contributed by atoms with E-state index in [2.05, 4.69) is 48.9 Å². The minimum Gasteiger partial charge on any atom is -0.395 e. The molecule has 1 aromatic rings. The zero-order valence-corrected chi connectivity index (χ0v) is 12.4. The Morgan fingerprint density at radius 3 is 2.32 bits per heavy atom. The number of aliphatic hydroxyl groups excluding tert-OH is 1. The van der Waals surface area contributed by atoms with E-state index in [-0.39, 0.29) is 12.6 Å². The molecule has 19 heavy (non-hydrogen) atoms. The first kappa shape index (κ1) is 14.4. The normalized spacial score (nSPS) is 20.8. The molecule has 1 N–H and O–H groups in total. The van der Waals surface area contributed by atoms with Gasteiger partial charge in [-0.1, -0.05) is 32.0 Å². The van der Waals surface area contributed by atoms with Crippen LogP contribution in [-0.4, -0.2) is 49.3 Å². The van der Waals surface area contributed by atoms with Crippen LogP contribution in [0.25, 0.3) is 0 Å². The number of anilines is 1. The van der Waals surface area contributed by atoms with Gasteiger partial charge in [0.2, 0.25) is 0 Å². The minimum absolute atomic E-state index is 0.239. The molecule has 1 unspecified atom stereocenters. The molecule has 0 aromatic heterocycles. The molecule has 1 aliphatic heterocycles. The summed E-state index contributed by atoms with van der Waals surface area (Å²) in [7, 11) is 2.10. The quantitative estimate of drug-likeness (QED) is 0.898. The van der Waals surface area contributed by atoms with E-state index in [0.29, 0.717) is 0 Å². The molecule has 0 saturated carbocycles. The summed E-state index contributed by atoms with van der Waals surface area (Å²) in [5.41, 5.74) is 4.28. The molecule has 2 rings (SSSR count). The van der Waals surface area contributed by atoms with Crippen LogP contribution in [0.3, 0.4) is 0 Å². The molecule has 0 bridgehead atoms. The van der Waals surface area contributed by atoms with Crippen molar-refractivity contribution in [2.75, 3.05) is 38.2 Å². The highest BCUT2D eigenvalue weighted by Crippen LogP contribution is 2.28. The van der Waals surface area contributed by atoms with Crippen LogP contribution in [0.4, 0.5) is 5.69 Å². The van der Waals surface area contributed by atoms with Crippen LogP contribution in [0, 0.1) is 0 Å². The molecule has 106 valence electrons. The van der Waals surface area contributed by atoms with Gasteiger partial charge in [-0.2, -0.15) is 0 Å². The van der Waals surface area contributed by atoms with Gasteiger partial charge in [0.1, 0.15) is 0 Å². The Bertz CT molecular complexity index is 397. The number of hydrogen-bond acceptors (Lipinski definition) is 3. The van der Waals surface area contributed by atoms with Crippen LogP contribution in [0.1, 0.15) is 25.0 Å². The highest BCUT2D eigenvalue weighted by atomic mass is 16.3. The summed E-state index contributed by atoms with van der Waals surface area (Å²) < 4.78 is 0. The van der Waals surface area contributed by atoms with E-state index < -0.39 is 0 Å². The second-order valence-electron chi connectivity index (χ2n) is 5.39. The van der Waals surface area contributed by atoms with Crippen molar-refractivity contribution in [1.29, 1.82) is 0 Å². The van der Waals surface area contributed by atoms with Crippen molar-refractivity contribution in [2.24, 2.45) is 0 Å². The fourth-order valence-corrected chi connectivity index (χ4v) is 2.97. The monoisotopic (exact) mass is 262 g/mol. The molecular formula is C16H26N2O. The Hall–Kier alpha value is -1.06. The molecule has 0 aliphatic carbocycles. The zero-order chi connectivity index (χ0) is 13.8. The Morgan fingerprint density at radius 2 is 1.79 bits per heavy atom. The number of para-hydroxylation sites is 1. The maximum Gasteiger partial charge on any atom is 0.0604 e. The van der Waals surface area contributed by atoms with Gasteiger partial charge in [0, 0.05) is 25.3 Å². The summed E-state index contributed by atoms with van der Waals surface area (Å²) in [5.74, 6) is 0. The van der Waals surface area contributed by atoms with Gasteiger partial charge in [0.25, 0.3) is 0 Å². The first-order valence-corrected chi connectivity index (χ1v) is 7.38. The highest BCUT2D eigenvalue weighted by molar-refractivity contribution is 5.60. The van der Waals surface area contributed by atoms with Gasteiger partial charge in [0.05, 0.1) is 12.6 Å². The number of aliphatic hydroxyl groups is 1. The van der Waals surface area contributed by atoms with Crippen molar-refractivity contribution >= 4 is 5.69 Å². The average molecular weight is 262 g/mol. The summed E-state index contributed by atoms with van der Waals surface area (Å²) in [5, 5.41) is 9.51. The van der Waals surface area contributed by atoms with Crippen LogP contribution in [0.2, 0.25) is 0 Å². The fourth-order valence-electron chi connectivity index (χ4n) is 2.97. The summed E-state index contributed by atoms with van der Waals surface area (Å²) in [6.45, 7) is 7.68. The van der Waals surface area contributed by atoms with Crippen molar-refractivity contribution in [1.82, 2.24) is 4.90 Å². The van der Waals surface area contributed by atoms with E-state index in [1.807, 2.05) is 0 Å². The molecule has 1 saturated heterocycles. The minimum atomic E-state index is 0.239. The van der Waals surface area contributed by atoms with Gasteiger partial charge in [-0.3, -0.25) is 4.90 Å². The molecule has 1 heterocycles. The highest BCUT2D eigenvalue weighted by Gasteiger charge is 2.25. The first-order chi connectivity index (χ1) is 9.21. The van der Waals surface area contributed by atoms with Crippen LogP contribution in [-0.2, 0) is 12.8 Å². The number of piperazine rings is 1. The van der Waals surface area contributed by atoms with Crippen LogP contribution in [0.15, 0.2) is 18.2 Å². The summed E-state index contributed by atoms with van der Waals surface area (Å²) >= 11 is 0. The van der Waals surface area contributed by atoms with Crippen molar-refractivity contribution in [3.8, 4) is 0 Å². The Kier molecular flexibility index (Phi) is 4.83. The Labute approximate surface area is 116 Å². The topological polar surface area (TPSA) is 26.7 Å². The summed E-state index contributed by atoms with van der Waals surface area (Å²) in [6, 6.07) is 6.89. The maximum absolute atomic E-state index is 9.51. The first-order valence-electron chi connectivity index (χ1n) is 7.38. The number of likely N-dealkylation sites (N-methyl/N-ethyl adjacent to an activating group) is 1. The van der Waals surface area contributed by atoms with E-state index in [1.165, 1.54) is 16.8 Å². The molecule has 1 atom stereocenters. The van der Waals surface area contributed by atoms with Crippen LogP contribution in [0.5, 0.6) is 0 Å². The number of rotatable bonds is 4. The van der Waals surface area contributed by atoms with E-state index in [1.54, 1.807) is 0 Å². The second-order valence-corrected chi connectivity index (χ2v) is 5.39. The number of nitrogens with zero attached hydrogens (tertiary/aromatic N) is 2. The second kappa shape index (κ2) is 6.40. The predicted octanol–water partition coefficient (Wildman–Crippen LogP) is 1.92. The predicted molar refractivity (Wildman–Crippen MR) is 80.9 cm³/mol. The molecule has 1 aliphatic rings. The van der Waals surface area contributed by atoms with Crippen molar-refractivity contribution in [3.63, 3.8) is 0 Å². The zero-order valence-electron chi connectivity index (χ0n) is 12.4. The Balaban J connectivity index is 2.30. The van der Waals surface area contributed by atoms with E-state index in [0.717, 1.165) is 32.5 Å².